The molecule has 9 nitrogen and oxygen atoms in total. The Bertz CT molecular complexity index is 1290. The lowest BCUT2D eigenvalue weighted by atomic mass is 10.1. The lowest BCUT2D eigenvalue weighted by molar-refractivity contribution is -0.141. The average molecular weight is 515 g/mol. The average Bonchev–Trinajstić information content (AvgIpc) is 3.20. The van der Waals surface area contributed by atoms with Gasteiger partial charge in [0.05, 0.1) is 16.3 Å². The van der Waals surface area contributed by atoms with E-state index in [4.69, 9.17) is 23.2 Å². The van der Waals surface area contributed by atoms with Crippen LogP contribution in [0, 0.1) is 6.92 Å². The molecule has 0 aliphatic heterocycles. The van der Waals surface area contributed by atoms with Gasteiger partial charge in [-0.2, -0.15) is 18.3 Å². The molecule has 178 valence electrons. The van der Waals surface area contributed by atoms with Crippen LogP contribution < -0.4 is 16.2 Å². The van der Waals surface area contributed by atoms with Crippen LogP contribution in [0.2, 0.25) is 10.0 Å². The van der Waals surface area contributed by atoms with Crippen molar-refractivity contribution in [3.63, 3.8) is 0 Å². The van der Waals surface area contributed by atoms with Gasteiger partial charge in [0.1, 0.15) is 5.69 Å². The fraction of sp³-hybridized carbons (Fsp3) is 0.150. The molecule has 0 aliphatic carbocycles. The van der Waals surface area contributed by atoms with E-state index in [-0.39, 0.29) is 27.1 Å². The first-order valence-corrected chi connectivity index (χ1v) is 10.1. The van der Waals surface area contributed by atoms with Gasteiger partial charge >= 0.3 is 6.18 Å². The van der Waals surface area contributed by atoms with E-state index < -0.39 is 35.3 Å². The largest absolute Gasteiger partial charge is 0.435 e. The fourth-order valence-corrected chi connectivity index (χ4v) is 3.33. The molecule has 3 aromatic rings. The molecule has 0 radical (unpaired) electrons. The van der Waals surface area contributed by atoms with Crippen LogP contribution in [0.4, 0.5) is 18.9 Å². The summed E-state index contributed by atoms with van der Waals surface area (Å²) in [7, 11) is 0. The number of carbonyl (C=O) groups is 3. The van der Waals surface area contributed by atoms with Crippen molar-refractivity contribution in [3.8, 4) is 5.82 Å². The van der Waals surface area contributed by atoms with Crippen LogP contribution >= 0.6 is 23.2 Å². The first-order valence-electron chi connectivity index (χ1n) is 9.35. The van der Waals surface area contributed by atoms with E-state index in [1.165, 1.54) is 37.4 Å². The Hall–Kier alpha value is -3.64. The molecule has 1 aromatic carbocycles. The van der Waals surface area contributed by atoms with Crippen molar-refractivity contribution in [3.05, 3.63) is 69.1 Å². The Morgan fingerprint density at radius 2 is 1.76 bits per heavy atom. The first-order chi connectivity index (χ1) is 15.9. The zero-order chi connectivity index (χ0) is 25.2. The van der Waals surface area contributed by atoms with Crippen molar-refractivity contribution in [2.24, 2.45) is 0 Å². The third-order valence-corrected chi connectivity index (χ3v) is 4.82. The number of carbonyl (C=O) groups excluding carboxylic acids is 3. The lowest BCUT2D eigenvalue weighted by Gasteiger charge is -2.15. The number of halogens is 5. The number of nitrogens with one attached hydrogen (secondary N) is 3. The highest BCUT2D eigenvalue weighted by molar-refractivity contribution is 6.32. The number of benzene rings is 1. The summed E-state index contributed by atoms with van der Waals surface area (Å²) in [6.45, 7) is 2.68. The molecule has 34 heavy (non-hydrogen) atoms. The number of pyridine rings is 1. The van der Waals surface area contributed by atoms with Crippen molar-refractivity contribution in [1.29, 1.82) is 0 Å². The first kappa shape index (κ1) is 25.0. The van der Waals surface area contributed by atoms with Crippen molar-refractivity contribution >= 4 is 46.6 Å². The van der Waals surface area contributed by atoms with Gasteiger partial charge in [0, 0.05) is 24.2 Å². The van der Waals surface area contributed by atoms with Gasteiger partial charge in [0.25, 0.3) is 11.8 Å². The minimum absolute atomic E-state index is 0.0496. The molecule has 0 bridgehead atoms. The number of amides is 3. The predicted molar refractivity (Wildman–Crippen MR) is 117 cm³/mol. The zero-order valence-electron chi connectivity index (χ0n) is 17.4. The van der Waals surface area contributed by atoms with Gasteiger partial charge in [-0.15, -0.1) is 0 Å². The van der Waals surface area contributed by atoms with Crippen LogP contribution in [0.3, 0.4) is 0 Å². The minimum atomic E-state index is -4.86. The molecule has 3 N–H and O–H groups in total. The van der Waals surface area contributed by atoms with E-state index in [1.54, 1.807) is 0 Å². The minimum Gasteiger partial charge on any atom is -0.320 e. The summed E-state index contributed by atoms with van der Waals surface area (Å²) in [6.07, 6.45) is -3.59. The highest BCUT2D eigenvalue weighted by Gasteiger charge is 2.36. The quantitative estimate of drug-likeness (QED) is 0.456. The van der Waals surface area contributed by atoms with E-state index in [0.29, 0.717) is 16.3 Å². The lowest BCUT2D eigenvalue weighted by Crippen LogP contribution is -2.40. The Labute approximate surface area is 200 Å². The molecular formula is C20H15Cl2F3N6O3. The summed E-state index contributed by atoms with van der Waals surface area (Å²) in [4.78, 5) is 40.6. The van der Waals surface area contributed by atoms with Crippen LogP contribution in [-0.2, 0) is 11.0 Å². The summed E-state index contributed by atoms with van der Waals surface area (Å²) in [5.41, 5.74) is 2.46. The summed E-state index contributed by atoms with van der Waals surface area (Å²) in [5.74, 6) is -2.63. The maximum absolute atomic E-state index is 13.4. The van der Waals surface area contributed by atoms with Crippen LogP contribution in [0.1, 0.15) is 39.0 Å². The molecule has 14 heteroatoms. The normalized spacial score (nSPS) is 11.1. The van der Waals surface area contributed by atoms with Crippen LogP contribution in [0.5, 0.6) is 0 Å². The molecule has 0 aliphatic rings. The van der Waals surface area contributed by atoms with E-state index >= 15 is 0 Å². The second-order valence-corrected chi connectivity index (χ2v) is 7.71. The number of aromatic nitrogens is 3. The van der Waals surface area contributed by atoms with Crippen LogP contribution in [0.25, 0.3) is 5.82 Å². The Balaban J connectivity index is 2.07. The number of hydrogen-bond donors (Lipinski definition) is 3. The molecule has 0 saturated carbocycles. The standard InChI is InChI=1S/C20H15Cl2F3N6O3/c1-9-6-11(21)7-12(18(33)29-28-10(2)32)16(9)27-19(34)14-8-15(20(23,24)25)30-31(14)17-13(22)4-3-5-26-17/h3-8H,1-2H3,(H,27,34)(H,28,32)(H,29,33). The third kappa shape index (κ3) is 5.46. The molecule has 2 heterocycles. The highest BCUT2D eigenvalue weighted by Crippen LogP contribution is 2.31. The number of nitrogens with zero attached hydrogens (tertiary/aromatic N) is 3. The topological polar surface area (TPSA) is 118 Å². The van der Waals surface area contributed by atoms with Crippen molar-refractivity contribution < 1.29 is 27.6 Å². The maximum atomic E-state index is 13.4. The Kier molecular flexibility index (Phi) is 7.12. The SMILES string of the molecule is CC(=O)NNC(=O)c1cc(Cl)cc(C)c1NC(=O)c1cc(C(F)(F)F)nn1-c1ncccc1Cl. The van der Waals surface area contributed by atoms with Gasteiger partial charge in [0.2, 0.25) is 5.91 Å². The number of hydrogen-bond acceptors (Lipinski definition) is 5. The van der Waals surface area contributed by atoms with Crippen molar-refractivity contribution in [1.82, 2.24) is 25.6 Å². The third-order valence-electron chi connectivity index (χ3n) is 4.31. The predicted octanol–water partition coefficient (Wildman–Crippen LogP) is 3.93. The fourth-order valence-electron chi connectivity index (χ4n) is 2.85. The number of rotatable bonds is 4. The molecule has 0 spiro atoms. The van der Waals surface area contributed by atoms with E-state index in [0.717, 1.165) is 6.92 Å². The molecule has 0 saturated heterocycles. The number of hydrazine groups is 1. The molecule has 0 unspecified atom stereocenters. The van der Waals surface area contributed by atoms with Crippen LogP contribution in [-0.4, -0.2) is 32.5 Å². The molecule has 0 fully saturated rings. The smallest absolute Gasteiger partial charge is 0.320 e. The molecular weight excluding hydrogens is 500 g/mol. The van der Waals surface area contributed by atoms with Crippen molar-refractivity contribution in [2.75, 3.05) is 5.32 Å². The van der Waals surface area contributed by atoms with Crippen LogP contribution in [0.15, 0.2) is 36.5 Å². The monoisotopic (exact) mass is 514 g/mol. The van der Waals surface area contributed by atoms with E-state index in [9.17, 15) is 27.6 Å². The molecule has 2 aromatic heterocycles. The highest BCUT2D eigenvalue weighted by atomic mass is 35.5. The van der Waals surface area contributed by atoms with E-state index in [2.05, 4.69) is 26.3 Å². The summed E-state index contributed by atoms with van der Waals surface area (Å²) in [6, 6.07) is 6.00. The van der Waals surface area contributed by atoms with Gasteiger partial charge < -0.3 is 5.32 Å². The zero-order valence-corrected chi connectivity index (χ0v) is 18.9. The van der Waals surface area contributed by atoms with E-state index in [1.807, 2.05) is 0 Å². The Morgan fingerprint density at radius 1 is 1.06 bits per heavy atom. The molecule has 3 rings (SSSR count). The van der Waals surface area contributed by atoms with Gasteiger partial charge in [-0.1, -0.05) is 23.2 Å². The summed E-state index contributed by atoms with van der Waals surface area (Å²) >= 11 is 12.1. The van der Waals surface area contributed by atoms with Gasteiger partial charge in [0.15, 0.2) is 11.5 Å². The van der Waals surface area contributed by atoms with Gasteiger partial charge in [-0.25, -0.2) is 9.67 Å². The second-order valence-electron chi connectivity index (χ2n) is 6.87. The number of alkyl halides is 3. The summed E-state index contributed by atoms with van der Waals surface area (Å²) in [5, 5.41) is 5.97. The van der Waals surface area contributed by atoms with Gasteiger partial charge in [-0.05, 0) is 36.8 Å². The van der Waals surface area contributed by atoms with Crippen molar-refractivity contribution in [2.45, 2.75) is 20.0 Å². The second kappa shape index (κ2) is 9.69. The molecule has 0 atom stereocenters. The summed E-state index contributed by atoms with van der Waals surface area (Å²) < 4.78 is 40.7. The van der Waals surface area contributed by atoms with Gasteiger partial charge in [-0.3, -0.25) is 25.2 Å². The maximum Gasteiger partial charge on any atom is 0.435 e. The molecule has 3 amide bonds. The Morgan fingerprint density at radius 3 is 2.38 bits per heavy atom. The number of aryl methyl sites for hydroxylation is 1. The number of anilines is 1.